The Kier molecular flexibility index (Phi) is 4.90. The number of rotatable bonds is 5. The highest BCUT2D eigenvalue weighted by Crippen LogP contribution is 2.28. The van der Waals surface area contributed by atoms with Gasteiger partial charge in [0.25, 0.3) is 0 Å². The average Bonchev–Trinajstić information content (AvgIpc) is 2.78. The van der Waals surface area contributed by atoms with Crippen molar-refractivity contribution in [2.45, 2.75) is 38.3 Å². The maximum absolute atomic E-state index is 11.6. The van der Waals surface area contributed by atoms with Gasteiger partial charge in [0.2, 0.25) is 5.91 Å². The van der Waals surface area contributed by atoms with Gasteiger partial charge in [-0.15, -0.1) is 0 Å². The fraction of sp³-hybridized carbons (Fsp3) is 0.500. The van der Waals surface area contributed by atoms with Gasteiger partial charge >= 0.3 is 0 Å². The molecule has 22 heavy (non-hydrogen) atoms. The van der Waals surface area contributed by atoms with Crippen molar-refractivity contribution in [2.75, 3.05) is 19.6 Å². The van der Waals surface area contributed by atoms with E-state index in [1.807, 2.05) is 13.0 Å². The largest absolute Gasteiger partial charge is 0.296 e. The van der Waals surface area contributed by atoms with Crippen molar-refractivity contribution in [1.82, 2.24) is 15.3 Å². The molecule has 1 aromatic rings. The lowest BCUT2D eigenvalue weighted by Crippen LogP contribution is -2.59. The van der Waals surface area contributed by atoms with Crippen molar-refractivity contribution in [3.63, 3.8) is 0 Å². The molecule has 0 aliphatic carbocycles. The quantitative estimate of drug-likeness (QED) is 0.906. The maximum atomic E-state index is 11.6. The van der Waals surface area contributed by atoms with Crippen LogP contribution in [0.3, 0.4) is 0 Å². The highest BCUT2D eigenvalue weighted by atomic mass is 16.2. The summed E-state index contributed by atoms with van der Waals surface area (Å²) in [6, 6.07) is 11.4. The second-order valence-electron chi connectivity index (χ2n) is 6.21. The number of hydrogen-bond acceptors (Lipinski definition) is 3. The molecule has 2 bridgehead atoms. The molecular weight excluding hydrogens is 274 g/mol. The molecule has 1 aromatic carbocycles. The first kappa shape index (κ1) is 15.3. The molecule has 0 aromatic heterocycles. The molecular formula is C18H25N3O. The number of amides is 1. The van der Waals surface area contributed by atoms with Gasteiger partial charge in [0, 0.05) is 38.1 Å². The molecule has 1 amide bonds. The zero-order valence-electron chi connectivity index (χ0n) is 13.2. The second-order valence-corrected chi connectivity index (χ2v) is 6.21. The highest BCUT2D eigenvalue weighted by molar-refractivity contribution is 5.75. The zero-order valence-corrected chi connectivity index (χ0v) is 13.2. The fourth-order valence-corrected chi connectivity index (χ4v) is 3.45. The van der Waals surface area contributed by atoms with E-state index in [1.165, 1.54) is 18.4 Å². The molecule has 0 radical (unpaired) electrons. The van der Waals surface area contributed by atoms with E-state index in [4.69, 9.17) is 0 Å². The topological polar surface area (TPSA) is 35.6 Å². The van der Waals surface area contributed by atoms with Gasteiger partial charge in [-0.3, -0.25) is 15.1 Å². The molecule has 2 unspecified atom stereocenters. The number of carbonyl (C=O) groups excluding carboxylic acids is 1. The molecule has 0 spiro atoms. The number of nitrogens with zero attached hydrogens (tertiary/aromatic N) is 2. The number of piperazine rings is 1. The molecule has 4 heteroatoms. The van der Waals surface area contributed by atoms with Gasteiger partial charge < -0.3 is 0 Å². The smallest absolute Gasteiger partial charge is 0.234 e. The third-order valence-electron chi connectivity index (χ3n) is 4.61. The summed E-state index contributed by atoms with van der Waals surface area (Å²) >= 11 is 0. The van der Waals surface area contributed by atoms with Crippen LogP contribution in [0.1, 0.15) is 31.7 Å². The van der Waals surface area contributed by atoms with Crippen LogP contribution in [0, 0.1) is 0 Å². The Morgan fingerprint density at radius 1 is 1.23 bits per heavy atom. The molecule has 3 rings (SSSR count). The van der Waals surface area contributed by atoms with Crippen LogP contribution in [0.15, 0.2) is 36.4 Å². The number of hydrazine groups is 1. The standard InChI is InChI=1S/C18H25N3O/c1-2-18(22)19-21-16-10-11-17(21)14-20(13-16)12-6-9-15-7-4-3-5-8-15/h3-9,16-17H,2,10-14H2,1H3,(H,19,22). The first-order chi connectivity index (χ1) is 10.8. The maximum Gasteiger partial charge on any atom is 0.234 e. The Hall–Kier alpha value is -1.65. The van der Waals surface area contributed by atoms with Crippen molar-refractivity contribution in [1.29, 1.82) is 0 Å². The highest BCUT2D eigenvalue weighted by Gasteiger charge is 2.40. The minimum atomic E-state index is 0.134. The van der Waals surface area contributed by atoms with Crippen LogP contribution in [-0.4, -0.2) is 47.5 Å². The van der Waals surface area contributed by atoms with Crippen LogP contribution in [-0.2, 0) is 4.79 Å². The Morgan fingerprint density at radius 2 is 1.91 bits per heavy atom. The summed E-state index contributed by atoms with van der Waals surface area (Å²) in [6.45, 7) is 4.97. The lowest BCUT2D eigenvalue weighted by molar-refractivity contribution is -0.128. The van der Waals surface area contributed by atoms with E-state index in [2.05, 4.69) is 51.8 Å². The number of hydrogen-bond donors (Lipinski definition) is 1. The summed E-state index contributed by atoms with van der Waals surface area (Å²) in [5, 5.41) is 2.21. The summed E-state index contributed by atoms with van der Waals surface area (Å²) in [5.41, 5.74) is 4.33. The van der Waals surface area contributed by atoms with Crippen LogP contribution >= 0.6 is 0 Å². The van der Waals surface area contributed by atoms with Crippen LogP contribution in [0.25, 0.3) is 6.08 Å². The third kappa shape index (κ3) is 3.57. The number of nitrogens with one attached hydrogen (secondary N) is 1. The second kappa shape index (κ2) is 7.07. The van der Waals surface area contributed by atoms with Gasteiger partial charge in [-0.05, 0) is 18.4 Å². The number of carbonyl (C=O) groups is 1. The molecule has 2 fully saturated rings. The SMILES string of the molecule is CCC(=O)NN1C2CCC1CN(CC=Cc1ccccc1)C2. The molecule has 2 aliphatic rings. The molecule has 2 atom stereocenters. The molecule has 2 saturated heterocycles. The van der Waals surface area contributed by atoms with Crippen molar-refractivity contribution < 1.29 is 4.79 Å². The summed E-state index contributed by atoms with van der Waals surface area (Å²) in [7, 11) is 0. The van der Waals surface area contributed by atoms with Crippen molar-refractivity contribution in [2.24, 2.45) is 0 Å². The van der Waals surface area contributed by atoms with E-state index >= 15 is 0 Å². The summed E-state index contributed by atoms with van der Waals surface area (Å²) in [5.74, 6) is 0.134. The van der Waals surface area contributed by atoms with E-state index in [-0.39, 0.29) is 5.91 Å². The zero-order chi connectivity index (χ0) is 15.4. The van der Waals surface area contributed by atoms with E-state index in [0.717, 1.165) is 19.6 Å². The van der Waals surface area contributed by atoms with Gasteiger partial charge in [0.1, 0.15) is 0 Å². The predicted molar refractivity (Wildman–Crippen MR) is 89.0 cm³/mol. The van der Waals surface area contributed by atoms with Crippen molar-refractivity contribution in [3.8, 4) is 0 Å². The van der Waals surface area contributed by atoms with Crippen LogP contribution in [0.4, 0.5) is 0 Å². The molecule has 118 valence electrons. The molecule has 4 nitrogen and oxygen atoms in total. The lowest BCUT2D eigenvalue weighted by atomic mass is 10.2. The lowest BCUT2D eigenvalue weighted by Gasteiger charge is -2.40. The number of fused-ring (bicyclic) bond motifs is 2. The molecule has 1 N–H and O–H groups in total. The monoisotopic (exact) mass is 299 g/mol. The van der Waals surface area contributed by atoms with E-state index in [9.17, 15) is 4.79 Å². The van der Waals surface area contributed by atoms with E-state index in [0.29, 0.717) is 18.5 Å². The molecule has 0 saturated carbocycles. The average molecular weight is 299 g/mol. The Bertz CT molecular complexity index is 514. The van der Waals surface area contributed by atoms with Gasteiger partial charge in [-0.2, -0.15) is 0 Å². The Balaban J connectivity index is 1.52. The number of likely N-dealkylation sites (tertiary alicyclic amines) is 1. The van der Waals surface area contributed by atoms with Gasteiger partial charge in [0.15, 0.2) is 0 Å². The summed E-state index contributed by atoms with van der Waals surface area (Å²) in [4.78, 5) is 14.1. The first-order valence-electron chi connectivity index (χ1n) is 8.28. The first-order valence-corrected chi connectivity index (χ1v) is 8.28. The Labute approximate surface area is 132 Å². The van der Waals surface area contributed by atoms with Crippen LogP contribution in [0.2, 0.25) is 0 Å². The van der Waals surface area contributed by atoms with Crippen LogP contribution < -0.4 is 5.43 Å². The van der Waals surface area contributed by atoms with Gasteiger partial charge in [-0.1, -0.05) is 49.4 Å². The third-order valence-corrected chi connectivity index (χ3v) is 4.61. The normalized spacial score (nSPS) is 25.7. The van der Waals surface area contributed by atoms with Gasteiger partial charge in [0.05, 0.1) is 0 Å². The van der Waals surface area contributed by atoms with E-state index < -0.39 is 0 Å². The minimum absolute atomic E-state index is 0.134. The van der Waals surface area contributed by atoms with Crippen molar-refractivity contribution in [3.05, 3.63) is 42.0 Å². The molecule has 2 heterocycles. The fourth-order valence-electron chi connectivity index (χ4n) is 3.45. The van der Waals surface area contributed by atoms with Gasteiger partial charge in [-0.25, -0.2) is 5.01 Å². The molecule has 2 aliphatic heterocycles. The van der Waals surface area contributed by atoms with E-state index in [1.54, 1.807) is 0 Å². The predicted octanol–water partition coefficient (Wildman–Crippen LogP) is 2.29. The van der Waals surface area contributed by atoms with Crippen LogP contribution in [0.5, 0.6) is 0 Å². The minimum Gasteiger partial charge on any atom is -0.296 e. The Morgan fingerprint density at radius 3 is 2.55 bits per heavy atom. The van der Waals surface area contributed by atoms with Crippen molar-refractivity contribution >= 4 is 12.0 Å². The summed E-state index contributed by atoms with van der Waals surface area (Å²) < 4.78 is 0. The summed E-state index contributed by atoms with van der Waals surface area (Å²) in [6.07, 6.45) is 7.36. The number of benzene rings is 1.